The molecule has 1 N–H and O–H groups in total. The van der Waals surface area contributed by atoms with Gasteiger partial charge in [0.25, 0.3) is 0 Å². The zero-order valence-electron chi connectivity index (χ0n) is 11.2. The van der Waals surface area contributed by atoms with Gasteiger partial charge in [-0.25, -0.2) is 8.42 Å². The smallest absolute Gasteiger partial charge is 0.245 e. The van der Waals surface area contributed by atoms with Gasteiger partial charge in [-0.05, 0) is 12.5 Å². The van der Waals surface area contributed by atoms with E-state index in [0.717, 1.165) is 6.42 Å². The van der Waals surface area contributed by atoms with Gasteiger partial charge in [-0.3, -0.25) is 0 Å². The van der Waals surface area contributed by atoms with Crippen LogP contribution in [-0.4, -0.2) is 48.2 Å². The molecule has 0 saturated carbocycles. The van der Waals surface area contributed by atoms with Gasteiger partial charge in [0.05, 0.1) is 19.8 Å². The molecule has 0 radical (unpaired) electrons. The van der Waals surface area contributed by atoms with Crippen LogP contribution < -0.4 is 0 Å². The molecule has 108 valence electrons. The number of aliphatic hydroxyl groups is 1. The molecule has 0 aromatic carbocycles. The van der Waals surface area contributed by atoms with Gasteiger partial charge in [-0.2, -0.15) is 4.31 Å². The first-order chi connectivity index (χ1) is 9.00. The van der Waals surface area contributed by atoms with Crippen molar-refractivity contribution >= 4 is 10.0 Å². The van der Waals surface area contributed by atoms with Crippen LogP contribution in [0, 0.1) is 0 Å². The van der Waals surface area contributed by atoms with Crippen LogP contribution in [0.1, 0.15) is 19.0 Å². The average Bonchev–Trinajstić information content (AvgIpc) is 2.80. The van der Waals surface area contributed by atoms with Crippen LogP contribution in [0.25, 0.3) is 0 Å². The van der Waals surface area contributed by atoms with Gasteiger partial charge < -0.3 is 14.4 Å². The Bertz CT molecular complexity index is 538. The van der Waals surface area contributed by atoms with Crippen molar-refractivity contribution in [2.45, 2.75) is 30.9 Å². The van der Waals surface area contributed by atoms with Gasteiger partial charge in [0.1, 0.15) is 4.90 Å². The first-order valence-electron chi connectivity index (χ1n) is 6.36. The average molecular weight is 288 g/mol. The zero-order chi connectivity index (χ0) is 14.0. The van der Waals surface area contributed by atoms with Gasteiger partial charge in [0, 0.05) is 31.5 Å². The first kappa shape index (κ1) is 14.5. The highest BCUT2D eigenvalue weighted by molar-refractivity contribution is 7.89. The Kier molecular flexibility index (Phi) is 4.29. The summed E-state index contributed by atoms with van der Waals surface area (Å²) in [6.07, 6.45) is 2.27. The van der Waals surface area contributed by atoms with E-state index in [1.54, 1.807) is 17.8 Å². The number of rotatable bonds is 4. The predicted octanol–water partition coefficient (Wildman–Crippen LogP) is 0.317. The largest absolute Gasteiger partial charge is 0.390 e. The number of sulfonamides is 1. The fourth-order valence-corrected chi connectivity index (χ4v) is 4.05. The number of nitrogens with zero attached hydrogens (tertiary/aromatic N) is 2. The number of aliphatic hydroxyl groups excluding tert-OH is 1. The second-order valence-electron chi connectivity index (χ2n) is 4.69. The fourth-order valence-electron chi connectivity index (χ4n) is 2.29. The third-order valence-electron chi connectivity index (χ3n) is 3.50. The van der Waals surface area contributed by atoms with Crippen LogP contribution in [0.4, 0.5) is 0 Å². The molecule has 0 aliphatic carbocycles. The van der Waals surface area contributed by atoms with Gasteiger partial charge >= 0.3 is 0 Å². The molecule has 1 fully saturated rings. The summed E-state index contributed by atoms with van der Waals surface area (Å²) in [6, 6.07) is 1.41. The summed E-state index contributed by atoms with van der Waals surface area (Å²) in [7, 11) is -1.79. The molecule has 0 spiro atoms. The Hall–Kier alpha value is -0.890. The summed E-state index contributed by atoms with van der Waals surface area (Å²) in [5, 5.41) is 9.16. The Balaban J connectivity index is 2.34. The second kappa shape index (κ2) is 5.62. The lowest BCUT2D eigenvalue weighted by atomic mass is 10.2. The lowest BCUT2D eigenvalue weighted by molar-refractivity contribution is 0.0314. The molecule has 19 heavy (non-hydrogen) atoms. The third kappa shape index (κ3) is 2.69. The number of aromatic nitrogens is 1. The number of hydrogen-bond donors (Lipinski definition) is 1. The molecule has 1 atom stereocenters. The summed E-state index contributed by atoms with van der Waals surface area (Å²) in [6.45, 7) is 3.02. The molecular weight excluding hydrogens is 268 g/mol. The summed E-state index contributed by atoms with van der Waals surface area (Å²) in [5.41, 5.74) is 0.583. The Morgan fingerprint density at radius 1 is 1.53 bits per heavy atom. The van der Waals surface area contributed by atoms with E-state index in [-0.39, 0.29) is 17.5 Å². The number of hydrogen-bond acceptors (Lipinski definition) is 4. The predicted molar refractivity (Wildman–Crippen MR) is 70.1 cm³/mol. The molecule has 0 amide bonds. The maximum atomic E-state index is 12.6. The van der Waals surface area contributed by atoms with Crippen molar-refractivity contribution in [2.75, 3.05) is 19.8 Å². The van der Waals surface area contributed by atoms with E-state index in [2.05, 4.69) is 0 Å². The SMILES string of the molecule is CCC1COCCN1S(=O)(=O)c1cc(CO)n(C)c1. The summed E-state index contributed by atoms with van der Waals surface area (Å²) in [5.74, 6) is 0. The van der Waals surface area contributed by atoms with E-state index in [4.69, 9.17) is 9.84 Å². The van der Waals surface area contributed by atoms with Crippen LogP contribution in [0.2, 0.25) is 0 Å². The van der Waals surface area contributed by atoms with Crippen LogP contribution in [0.5, 0.6) is 0 Å². The quantitative estimate of drug-likeness (QED) is 0.866. The molecule has 2 heterocycles. The minimum atomic E-state index is -3.51. The molecule has 2 rings (SSSR count). The van der Waals surface area contributed by atoms with E-state index in [9.17, 15) is 8.42 Å². The van der Waals surface area contributed by atoms with Crippen molar-refractivity contribution in [1.82, 2.24) is 8.87 Å². The number of ether oxygens (including phenoxy) is 1. The normalized spacial score (nSPS) is 21.7. The fraction of sp³-hybridized carbons (Fsp3) is 0.667. The van der Waals surface area contributed by atoms with Gasteiger partial charge in [0.15, 0.2) is 0 Å². The monoisotopic (exact) mass is 288 g/mol. The van der Waals surface area contributed by atoms with Crippen molar-refractivity contribution < 1.29 is 18.3 Å². The molecule has 1 aliphatic heterocycles. The van der Waals surface area contributed by atoms with E-state index in [1.165, 1.54) is 10.4 Å². The van der Waals surface area contributed by atoms with E-state index in [0.29, 0.717) is 25.5 Å². The Morgan fingerprint density at radius 3 is 2.84 bits per heavy atom. The topological polar surface area (TPSA) is 71.8 Å². The molecule has 1 aliphatic rings. The van der Waals surface area contributed by atoms with Gasteiger partial charge in [-0.1, -0.05) is 6.92 Å². The van der Waals surface area contributed by atoms with E-state index < -0.39 is 10.0 Å². The zero-order valence-corrected chi connectivity index (χ0v) is 12.1. The van der Waals surface area contributed by atoms with Crippen LogP contribution in [0.15, 0.2) is 17.2 Å². The maximum absolute atomic E-state index is 12.6. The van der Waals surface area contributed by atoms with E-state index in [1.807, 2.05) is 6.92 Å². The minimum Gasteiger partial charge on any atom is -0.390 e. The molecule has 7 heteroatoms. The first-order valence-corrected chi connectivity index (χ1v) is 7.80. The lowest BCUT2D eigenvalue weighted by Gasteiger charge is -2.33. The molecule has 1 saturated heterocycles. The van der Waals surface area contributed by atoms with Crippen LogP contribution in [-0.2, 0) is 28.4 Å². The summed E-state index contributed by atoms with van der Waals surface area (Å²) >= 11 is 0. The second-order valence-corrected chi connectivity index (χ2v) is 6.58. The molecule has 0 bridgehead atoms. The molecular formula is C12H20N2O4S. The number of aryl methyl sites for hydroxylation is 1. The minimum absolute atomic E-state index is 0.114. The lowest BCUT2D eigenvalue weighted by Crippen LogP contribution is -2.48. The summed E-state index contributed by atoms with van der Waals surface area (Å²) in [4.78, 5) is 0.236. The van der Waals surface area contributed by atoms with Crippen molar-refractivity contribution in [3.8, 4) is 0 Å². The molecule has 1 unspecified atom stereocenters. The van der Waals surface area contributed by atoms with Crippen molar-refractivity contribution in [2.24, 2.45) is 7.05 Å². The van der Waals surface area contributed by atoms with Crippen LogP contribution >= 0.6 is 0 Å². The maximum Gasteiger partial charge on any atom is 0.245 e. The highest BCUT2D eigenvalue weighted by Crippen LogP contribution is 2.23. The molecule has 6 nitrogen and oxygen atoms in total. The molecule has 1 aromatic heterocycles. The Morgan fingerprint density at radius 2 is 2.26 bits per heavy atom. The van der Waals surface area contributed by atoms with Gasteiger partial charge in [-0.15, -0.1) is 0 Å². The number of morpholine rings is 1. The van der Waals surface area contributed by atoms with E-state index >= 15 is 0 Å². The molecule has 1 aromatic rings. The Labute approximate surface area is 113 Å². The summed E-state index contributed by atoms with van der Waals surface area (Å²) < 4.78 is 33.7. The van der Waals surface area contributed by atoms with Gasteiger partial charge in [0.2, 0.25) is 10.0 Å². The van der Waals surface area contributed by atoms with Crippen molar-refractivity contribution in [1.29, 1.82) is 0 Å². The highest BCUT2D eigenvalue weighted by atomic mass is 32.2. The van der Waals surface area contributed by atoms with Crippen molar-refractivity contribution in [3.05, 3.63) is 18.0 Å². The standard InChI is InChI=1S/C12H20N2O4S/c1-3-10-9-18-5-4-14(10)19(16,17)12-6-11(8-15)13(2)7-12/h6-7,10,15H,3-5,8-9H2,1-2H3. The third-order valence-corrected chi connectivity index (χ3v) is 5.41. The van der Waals surface area contributed by atoms with Crippen molar-refractivity contribution in [3.63, 3.8) is 0 Å². The van der Waals surface area contributed by atoms with Crippen LogP contribution in [0.3, 0.4) is 0 Å². The highest BCUT2D eigenvalue weighted by Gasteiger charge is 2.33.